The Bertz CT molecular complexity index is 390. The van der Waals surface area contributed by atoms with Crippen molar-refractivity contribution in [3.8, 4) is 0 Å². The Labute approximate surface area is 149 Å². The van der Waals surface area contributed by atoms with E-state index in [0.717, 1.165) is 26.2 Å². The summed E-state index contributed by atoms with van der Waals surface area (Å²) in [6.07, 6.45) is 0. The molecular weight excluding hydrogens is 335 g/mol. The fourth-order valence-electron chi connectivity index (χ4n) is 2.22. The van der Waals surface area contributed by atoms with Crippen LogP contribution in [0.15, 0.2) is 11.2 Å². The van der Waals surface area contributed by atoms with Crippen molar-refractivity contribution in [3.63, 3.8) is 0 Å². The van der Waals surface area contributed by atoms with Crippen LogP contribution in [0, 0.1) is 0 Å². The highest BCUT2D eigenvalue weighted by atomic mass is 31.1. The van der Waals surface area contributed by atoms with Crippen LogP contribution in [-0.2, 0) is 4.43 Å². The van der Waals surface area contributed by atoms with E-state index in [9.17, 15) is 0 Å². The molecule has 0 fully saturated rings. The molecule has 0 aliphatic carbocycles. The van der Waals surface area contributed by atoms with Gasteiger partial charge in [-0.1, -0.05) is 53.0 Å². The number of hydrogen-bond acceptors (Lipinski definition) is 1. The maximum Gasteiger partial charge on any atom is 0.242 e. The van der Waals surface area contributed by atoms with Crippen molar-refractivity contribution < 1.29 is 4.43 Å². The second-order valence-electron chi connectivity index (χ2n) is 7.82. The Morgan fingerprint density at radius 3 is 1.48 bits per heavy atom. The van der Waals surface area contributed by atoms with Gasteiger partial charge in [0.2, 0.25) is 8.32 Å². The van der Waals surface area contributed by atoms with Gasteiger partial charge in [0.1, 0.15) is 5.50 Å². The van der Waals surface area contributed by atoms with Crippen LogP contribution in [0.3, 0.4) is 0 Å². The van der Waals surface area contributed by atoms with Crippen molar-refractivity contribution in [2.45, 2.75) is 67.0 Å². The molecule has 23 heavy (non-hydrogen) atoms. The van der Waals surface area contributed by atoms with Crippen molar-refractivity contribution in [1.29, 1.82) is 0 Å². The summed E-state index contributed by atoms with van der Waals surface area (Å²) in [6.45, 7) is 27.1. The van der Waals surface area contributed by atoms with Gasteiger partial charge in [0.25, 0.3) is 0 Å². The Kier molecular flexibility index (Phi) is 10.2. The highest BCUT2D eigenvalue weighted by molar-refractivity contribution is 7.45. The third kappa shape index (κ3) is 9.83. The maximum atomic E-state index is 6.47. The molecule has 0 aromatic heterocycles. The molecule has 136 valence electrons. The summed E-state index contributed by atoms with van der Waals surface area (Å²) in [7, 11) is -1.69. The van der Waals surface area contributed by atoms with Gasteiger partial charge < -0.3 is 4.43 Å². The summed E-state index contributed by atoms with van der Waals surface area (Å²) < 4.78 is 6.47. The van der Waals surface area contributed by atoms with Gasteiger partial charge in [-0.05, 0) is 19.6 Å². The van der Waals surface area contributed by atoms with Crippen LogP contribution in [0.2, 0.25) is 39.3 Å². The first-order chi connectivity index (χ1) is 10.5. The van der Waals surface area contributed by atoms with Gasteiger partial charge in [0.05, 0.1) is 13.6 Å². The lowest BCUT2D eigenvalue weighted by molar-refractivity contribution is 0.362. The first kappa shape index (κ1) is 23.1. The molecule has 0 aromatic carbocycles. The normalized spacial score (nSPS) is 14.0. The van der Waals surface area contributed by atoms with Crippen LogP contribution in [-0.4, -0.2) is 57.9 Å². The van der Waals surface area contributed by atoms with Gasteiger partial charge in [-0.25, -0.2) is 0 Å². The zero-order valence-electron chi connectivity index (χ0n) is 17.2. The van der Waals surface area contributed by atoms with Crippen LogP contribution in [0.4, 0.5) is 0 Å². The van der Waals surface area contributed by atoms with Gasteiger partial charge in [0.15, 0.2) is 0 Å². The molecule has 0 radical (unpaired) electrons. The molecule has 0 N–H and O–H groups in total. The quantitative estimate of drug-likeness (QED) is 0.294. The lowest BCUT2D eigenvalue weighted by Crippen LogP contribution is -2.43. The van der Waals surface area contributed by atoms with E-state index < -0.39 is 16.4 Å². The predicted molar refractivity (Wildman–Crippen MR) is 114 cm³/mol. The smallest absolute Gasteiger partial charge is 0.242 e. The molecule has 0 spiro atoms. The summed E-state index contributed by atoms with van der Waals surface area (Å²) in [5, 5.41) is 0. The highest BCUT2D eigenvalue weighted by Gasteiger charge is 2.22. The molecule has 0 heterocycles. The topological polar surface area (TPSA) is 15.7 Å². The Hall–Kier alpha value is 0.0638. The van der Waals surface area contributed by atoms with Crippen LogP contribution < -0.4 is 0 Å². The molecular formula is C17H39N2OPSi2. The van der Waals surface area contributed by atoms with Crippen LogP contribution >= 0.6 is 8.20 Å². The van der Waals surface area contributed by atoms with Crippen LogP contribution in [0.1, 0.15) is 27.7 Å². The zero-order valence-corrected chi connectivity index (χ0v) is 20.1. The largest absolute Gasteiger partial charge is 0.542 e. The number of nitrogens with zero attached hydrogens (tertiary/aromatic N) is 2. The molecule has 0 bridgehead atoms. The molecule has 3 nitrogen and oxygen atoms in total. The molecule has 0 saturated carbocycles. The Morgan fingerprint density at radius 1 is 0.826 bits per heavy atom. The summed E-state index contributed by atoms with van der Waals surface area (Å²) in [5.41, 5.74) is 5.01. The summed E-state index contributed by atoms with van der Waals surface area (Å²) in [4.78, 5) is 4.94. The minimum Gasteiger partial charge on any atom is -0.542 e. The van der Waals surface area contributed by atoms with Crippen molar-refractivity contribution in [2.24, 2.45) is 0 Å². The lowest BCUT2D eigenvalue weighted by Gasteiger charge is -2.31. The van der Waals surface area contributed by atoms with Crippen molar-refractivity contribution in [1.82, 2.24) is 9.80 Å². The Morgan fingerprint density at radius 2 is 1.22 bits per heavy atom. The zero-order chi connectivity index (χ0) is 18.3. The van der Waals surface area contributed by atoms with Gasteiger partial charge in [-0.15, -0.1) is 0 Å². The average Bonchev–Trinajstić information content (AvgIpc) is 2.37. The number of rotatable bonds is 10. The fourth-order valence-corrected chi connectivity index (χ4v) is 7.30. The standard InChI is InChI=1S/C17H39N2OPSi2/c1-11-18(12-2)17(19(13-3)14-4)21-16(15-22(5,6)7)20-23(8,9)10/h15H,11-14H2,1-10H3. The van der Waals surface area contributed by atoms with Crippen molar-refractivity contribution >= 4 is 30.1 Å². The highest BCUT2D eigenvalue weighted by Crippen LogP contribution is 2.26. The SMILES string of the molecule is CCN(CC)C(=PC(=C[Si](C)(C)C)O[Si](C)(C)C)N(CC)CC. The summed E-state index contributed by atoms with van der Waals surface area (Å²) >= 11 is 0. The van der Waals surface area contributed by atoms with E-state index >= 15 is 0 Å². The molecule has 0 aliphatic heterocycles. The van der Waals surface area contributed by atoms with Gasteiger partial charge in [-0.2, -0.15) is 0 Å². The van der Waals surface area contributed by atoms with E-state index in [1.54, 1.807) is 0 Å². The van der Waals surface area contributed by atoms with Gasteiger partial charge in [-0.3, -0.25) is 9.80 Å². The summed E-state index contributed by atoms with van der Waals surface area (Å²) in [6, 6.07) is 0. The minimum absolute atomic E-state index is 1.04. The second-order valence-corrected chi connectivity index (χ2v) is 18.3. The molecule has 0 aliphatic rings. The maximum absolute atomic E-state index is 6.47. The molecule has 0 unspecified atom stereocenters. The van der Waals surface area contributed by atoms with E-state index in [2.05, 4.69) is 82.5 Å². The van der Waals surface area contributed by atoms with E-state index in [-0.39, 0.29) is 0 Å². The first-order valence-electron chi connectivity index (χ1n) is 8.97. The monoisotopic (exact) mass is 374 g/mol. The van der Waals surface area contributed by atoms with Gasteiger partial charge in [0, 0.05) is 34.4 Å². The van der Waals surface area contributed by atoms with E-state index in [0.29, 0.717) is 0 Å². The predicted octanol–water partition coefficient (Wildman–Crippen LogP) is 5.27. The third-order valence-corrected chi connectivity index (χ3v) is 6.85. The first-order valence-corrected chi connectivity index (χ1v) is 16.9. The molecule has 0 rings (SSSR count). The van der Waals surface area contributed by atoms with Gasteiger partial charge >= 0.3 is 0 Å². The second kappa shape index (κ2) is 10.1. The van der Waals surface area contributed by atoms with Crippen molar-refractivity contribution in [3.05, 3.63) is 11.2 Å². The molecule has 0 saturated heterocycles. The van der Waals surface area contributed by atoms with Crippen LogP contribution in [0.25, 0.3) is 0 Å². The van der Waals surface area contributed by atoms with E-state index in [1.165, 1.54) is 19.2 Å². The Balaban J connectivity index is 5.93. The summed E-state index contributed by atoms with van der Waals surface area (Å²) in [5.74, 6) is 0. The van der Waals surface area contributed by atoms with Crippen molar-refractivity contribution in [2.75, 3.05) is 26.2 Å². The lowest BCUT2D eigenvalue weighted by atomic mass is 10.5. The average molecular weight is 375 g/mol. The molecule has 0 atom stereocenters. The minimum atomic E-state index is -1.60. The third-order valence-electron chi connectivity index (χ3n) is 3.27. The number of hydrogen-bond donors (Lipinski definition) is 0. The van der Waals surface area contributed by atoms with Crippen LogP contribution in [0.5, 0.6) is 0 Å². The fraction of sp³-hybridized carbons (Fsp3) is 0.824. The molecule has 0 amide bonds. The molecule has 0 aromatic rings. The van der Waals surface area contributed by atoms with E-state index in [1.807, 2.05) is 0 Å². The molecule has 6 heteroatoms. The van der Waals surface area contributed by atoms with E-state index in [4.69, 9.17) is 4.43 Å².